The van der Waals surface area contributed by atoms with Crippen LogP contribution < -0.4 is 0 Å². The van der Waals surface area contributed by atoms with E-state index in [9.17, 15) is 17.2 Å². The maximum absolute atomic E-state index is 13.8. The lowest BCUT2D eigenvalue weighted by Gasteiger charge is -2.21. The Bertz CT molecular complexity index is 740. The van der Waals surface area contributed by atoms with Crippen LogP contribution in [-0.2, 0) is 16.6 Å². The van der Waals surface area contributed by atoms with Gasteiger partial charge in [0.2, 0.25) is 10.0 Å². The molecule has 0 aliphatic heterocycles. The third-order valence-corrected chi connectivity index (χ3v) is 5.26. The van der Waals surface area contributed by atoms with Gasteiger partial charge in [-0.25, -0.2) is 17.2 Å². The van der Waals surface area contributed by atoms with E-state index < -0.39 is 26.6 Å². The largest absolute Gasteiger partial charge is 0.468 e. The summed E-state index contributed by atoms with van der Waals surface area (Å²) in [6, 6.07) is 5.62. The van der Waals surface area contributed by atoms with E-state index in [-0.39, 0.29) is 12.6 Å². The van der Waals surface area contributed by atoms with Gasteiger partial charge in [-0.1, -0.05) is 0 Å². The summed E-state index contributed by atoms with van der Waals surface area (Å²) in [5, 5.41) is 0. The third-order valence-electron chi connectivity index (χ3n) is 3.33. The lowest BCUT2D eigenvalue weighted by Crippen LogP contribution is -2.33. The molecule has 0 saturated heterocycles. The Morgan fingerprint density at radius 1 is 1.24 bits per heavy atom. The van der Waals surface area contributed by atoms with Gasteiger partial charge in [-0.15, -0.1) is 0 Å². The number of nitrogens with zero attached hydrogens (tertiary/aromatic N) is 1. The molecule has 0 radical (unpaired) electrons. The molecule has 1 heterocycles. The van der Waals surface area contributed by atoms with Gasteiger partial charge in [-0.3, -0.25) is 0 Å². The van der Waals surface area contributed by atoms with Crippen LogP contribution in [0.4, 0.5) is 8.78 Å². The van der Waals surface area contributed by atoms with E-state index in [4.69, 9.17) is 4.42 Å². The van der Waals surface area contributed by atoms with Gasteiger partial charge >= 0.3 is 0 Å². The van der Waals surface area contributed by atoms with Crippen molar-refractivity contribution in [2.75, 3.05) is 0 Å². The van der Waals surface area contributed by atoms with E-state index in [2.05, 4.69) is 0 Å². The van der Waals surface area contributed by atoms with Crippen molar-refractivity contribution in [1.29, 1.82) is 0 Å². The molecule has 1 aromatic carbocycles. The fourth-order valence-corrected chi connectivity index (χ4v) is 3.84. The summed E-state index contributed by atoms with van der Waals surface area (Å²) in [6.07, 6.45) is 2.90. The number of sulfonamides is 1. The molecule has 1 aliphatic carbocycles. The monoisotopic (exact) mass is 313 g/mol. The molecule has 1 aliphatic rings. The van der Waals surface area contributed by atoms with Gasteiger partial charge in [0.05, 0.1) is 12.8 Å². The molecule has 21 heavy (non-hydrogen) atoms. The van der Waals surface area contributed by atoms with Crippen molar-refractivity contribution in [2.45, 2.75) is 30.3 Å². The van der Waals surface area contributed by atoms with E-state index >= 15 is 0 Å². The number of benzene rings is 1. The van der Waals surface area contributed by atoms with Crippen LogP contribution in [0.15, 0.2) is 45.9 Å². The zero-order chi connectivity index (χ0) is 15.0. The van der Waals surface area contributed by atoms with E-state index in [0.717, 1.165) is 25.0 Å². The Labute approximate surface area is 121 Å². The summed E-state index contributed by atoms with van der Waals surface area (Å²) in [4.78, 5) is -0.512. The lowest BCUT2D eigenvalue weighted by molar-refractivity contribution is 0.354. The van der Waals surface area contributed by atoms with Crippen molar-refractivity contribution >= 4 is 10.0 Å². The highest BCUT2D eigenvalue weighted by atomic mass is 32.2. The zero-order valence-corrected chi connectivity index (χ0v) is 11.8. The Balaban J connectivity index is 1.97. The normalized spacial score (nSPS) is 15.6. The highest BCUT2D eigenvalue weighted by Crippen LogP contribution is 2.34. The molecular formula is C14H13F2NO3S. The quantitative estimate of drug-likeness (QED) is 0.853. The number of halogens is 2. The van der Waals surface area contributed by atoms with Crippen LogP contribution in [0.1, 0.15) is 18.6 Å². The molecule has 1 saturated carbocycles. The standard InChI is InChI=1S/C14H13F2NO3S/c15-10-3-6-14(13(16)8-10)21(18,19)17(11-4-5-11)9-12-2-1-7-20-12/h1-3,6-8,11H,4-5,9H2. The van der Waals surface area contributed by atoms with Gasteiger partial charge in [-0.05, 0) is 37.1 Å². The molecule has 0 amide bonds. The van der Waals surface area contributed by atoms with Gasteiger partial charge in [0.25, 0.3) is 0 Å². The second-order valence-corrected chi connectivity index (χ2v) is 6.79. The molecule has 0 atom stereocenters. The molecule has 4 nitrogen and oxygen atoms in total. The van der Waals surface area contributed by atoms with E-state index in [1.165, 1.54) is 10.6 Å². The van der Waals surface area contributed by atoms with Gasteiger partial charge < -0.3 is 4.42 Å². The minimum absolute atomic E-state index is 0.0385. The van der Waals surface area contributed by atoms with Crippen LogP contribution in [0.25, 0.3) is 0 Å². The van der Waals surface area contributed by atoms with Gasteiger partial charge in [0.1, 0.15) is 22.3 Å². The summed E-state index contributed by atoms with van der Waals surface area (Å²) in [5.41, 5.74) is 0. The number of hydrogen-bond donors (Lipinski definition) is 0. The molecular weight excluding hydrogens is 300 g/mol. The van der Waals surface area contributed by atoms with Crippen molar-refractivity contribution < 1.29 is 21.6 Å². The minimum Gasteiger partial charge on any atom is -0.468 e. The second-order valence-electron chi connectivity index (χ2n) is 4.94. The van der Waals surface area contributed by atoms with Crippen LogP contribution in [-0.4, -0.2) is 18.8 Å². The first-order valence-corrected chi connectivity index (χ1v) is 7.92. The molecule has 0 N–H and O–H groups in total. The summed E-state index contributed by atoms with van der Waals surface area (Å²) < 4.78 is 58.3. The molecule has 112 valence electrons. The van der Waals surface area contributed by atoms with Crippen molar-refractivity contribution in [1.82, 2.24) is 4.31 Å². The molecule has 2 aromatic rings. The van der Waals surface area contributed by atoms with E-state index in [1.54, 1.807) is 12.1 Å². The fourth-order valence-electron chi connectivity index (χ4n) is 2.14. The second kappa shape index (κ2) is 5.23. The molecule has 3 rings (SSSR count). The highest BCUT2D eigenvalue weighted by Gasteiger charge is 2.39. The maximum atomic E-state index is 13.8. The first-order valence-electron chi connectivity index (χ1n) is 6.48. The van der Waals surface area contributed by atoms with Gasteiger partial charge in [-0.2, -0.15) is 4.31 Å². The summed E-state index contributed by atoms with van der Waals surface area (Å²) in [7, 11) is -4.03. The molecule has 0 spiro atoms. The van der Waals surface area contributed by atoms with Crippen LogP contribution in [0.5, 0.6) is 0 Å². The molecule has 1 aromatic heterocycles. The number of furan rings is 1. The number of rotatable bonds is 5. The van der Waals surface area contributed by atoms with Crippen LogP contribution in [0.3, 0.4) is 0 Å². The molecule has 1 fully saturated rings. The third kappa shape index (κ3) is 2.84. The van der Waals surface area contributed by atoms with Crippen LogP contribution in [0, 0.1) is 11.6 Å². The predicted octanol–water partition coefficient (Wildman–Crippen LogP) is 2.91. The van der Waals surface area contributed by atoms with Gasteiger partial charge in [0, 0.05) is 12.1 Å². The Kier molecular flexibility index (Phi) is 3.54. The Morgan fingerprint density at radius 3 is 2.57 bits per heavy atom. The van der Waals surface area contributed by atoms with Crippen molar-refractivity contribution in [2.24, 2.45) is 0 Å². The SMILES string of the molecule is O=S(=O)(c1ccc(F)cc1F)N(Cc1ccco1)C1CC1. The first-order chi connectivity index (χ1) is 9.98. The topological polar surface area (TPSA) is 50.5 Å². The smallest absolute Gasteiger partial charge is 0.246 e. The summed E-state index contributed by atoms with van der Waals surface area (Å²) in [6.45, 7) is 0.0385. The number of hydrogen-bond acceptors (Lipinski definition) is 3. The van der Waals surface area contributed by atoms with Gasteiger partial charge in [0.15, 0.2) is 0 Å². The van der Waals surface area contributed by atoms with E-state index in [1.807, 2.05) is 0 Å². The fraction of sp³-hybridized carbons (Fsp3) is 0.286. The lowest BCUT2D eigenvalue weighted by atomic mass is 10.3. The van der Waals surface area contributed by atoms with Crippen LogP contribution in [0.2, 0.25) is 0 Å². The van der Waals surface area contributed by atoms with Crippen LogP contribution >= 0.6 is 0 Å². The molecule has 0 bridgehead atoms. The molecule has 7 heteroatoms. The van der Waals surface area contributed by atoms with Crippen molar-refractivity contribution in [3.63, 3.8) is 0 Å². The average molecular weight is 313 g/mol. The highest BCUT2D eigenvalue weighted by molar-refractivity contribution is 7.89. The molecule has 0 unspecified atom stereocenters. The van der Waals surface area contributed by atoms with Crippen molar-refractivity contribution in [3.8, 4) is 0 Å². The Morgan fingerprint density at radius 2 is 2.00 bits per heavy atom. The van der Waals surface area contributed by atoms with Crippen molar-refractivity contribution in [3.05, 3.63) is 54.0 Å². The average Bonchev–Trinajstić information content (AvgIpc) is 3.11. The minimum atomic E-state index is -4.03. The predicted molar refractivity (Wildman–Crippen MR) is 70.8 cm³/mol. The maximum Gasteiger partial charge on any atom is 0.246 e. The first kappa shape index (κ1) is 14.2. The summed E-state index contributed by atoms with van der Waals surface area (Å²) >= 11 is 0. The van der Waals surface area contributed by atoms with E-state index in [0.29, 0.717) is 11.8 Å². The summed E-state index contributed by atoms with van der Waals surface area (Å²) in [5.74, 6) is -1.41. The zero-order valence-electron chi connectivity index (χ0n) is 11.0. The Hall–Kier alpha value is -1.73.